The Morgan fingerprint density at radius 3 is 2.37 bits per heavy atom. The van der Waals surface area contributed by atoms with Gasteiger partial charge in [-0.2, -0.15) is 0 Å². The van der Waals surface area contributed by atoms with Gasteiger partial charge in [0.05, 0.1) is 19.3 Å². The Morgan fingerprint density at radius 2 is 1.60 bits per heavy atom. The van der Waals surface area contributed by atoms with Crippen molar-refractivity contribution in [2.24, 2.45) is 23.7 Å². The summed E-state index contributed by atoms with van der Waals surface area (Å²) in [7, 11) is 0. The van der Waals surface area contributed by atoms with Crippen molar-refractivity contribution in [3.05, 3.63) is 59.4 Å². The highest BCUT2D eigenvalue weighted by molar-refractivity contribution is 5.23. The van der Waals surface area contributed by atoms with Gasteiger partial charge in [0, 0.05) is 25.6 Å². The number of hydrogen-bond acceptors (Lipinski definition) is 5. The van der Waals surface area contributed by atoms with Gasteiger partial charge in [0.15, 0.2) is 12.6 Å². The van der Waals surface area contributed by atoms with Crippen molar-refractivity contribution in [3.8, 4) is 0 Å². The molecule has 4 fully saturated rings. The molecule has 0 amide bonds. The first-order valence-corrected chi connectivity index (χ1v) is 17.9. The van der Waals surface area contributed by atoms with Crippen LogP contribution in [0.2, 0.25) is 0 Å². The molecular formula is C38H56O5. The van der Waals surface area contributed by atoms with Crippen LogP contribution in [0.25, 0.3) is 0 Å². The van der Waals surface area contributed by atoms with E-state index in [1.54, 1.807) is 5.57 Å². The minimum atomic E-state index is -0.104. The van der Waals surface area contributed by atoms with Gasteiger partial charge >= 0.3 is 0 Å². The van der Waals surface area contributed by atoms with Gasteiger partial charge in [-0.15, -0.1) is 0 Å². The lowest BCUT2D eigenvalue weighted by atomic mass is 9.86. The molecule has 2 saturated carbocycles. The molecule has 1 aromatic carbocycles. The Kier molecular flexibility index (Phi) is 12.1. The van der Waals surface area contributed by atoms with Crippen molar-refractivity contribution >= 4 is 0 Å². The number of ether oxygens (including phenoxy) is 5. The van der Waals surface area contributed by atoms with Crippen molar-refractivity contribution in [3.63, 3.8) is 0 Å². The topological polar surface area (TPSA) is 46.2 Å². The predicted octanol–water partition coefficient (Wildman–Crippen LogP) is 9.27. The van der Waals surface area contributed by atoms with Crippen LogP contribution in [0.1, 0.15) is 115 Å². The van der Waals surface area contributed by atoms with Crippen LogP contribution in [0.4, 0.5) is 0 Å². The second-order valence-corrected chi connectivity index (χ2v) is 13.8. The first-order chi connectivity index (χ1) is 21.3. The third-order valence-electron chi connectivity index (χ3n) is 10.6. The molecule has 5 nitrogen and oxygen atoms in total. The largest absolute Gasteiger partial charge is 0.469 e. The molecule has 2 saturated heterocycles. The van der Waals surface area contributed by atoms with Gasteiger partial charge in [-0.1, -0.05) is 74.1 Å². The Bertz CT molecular complexity index is 1000. The number of benzene rings is 1. The molecule has 0 aromatic heterocycles. The zero-order chi connectivity index (χ0) is 29.1. The highest BCUT2D eigenvalue weighted by Gasteiger charge is 2.49. The Labute approximate surface area is 260 Å². The molecule has 5 aliphatic rings. The van der Waals surface area contributed by atoms with Gasteiger partial charge in [0.25, 0.3) is 0 Å². The normalized spacial score (nSPS) is 31.7. The van der Waals surface area contributed by atoms with E-state index in [2.05, 4.69) is 42.5 Å². The van der Waals surface area contributed by atoms with Crippen molar-refractivity contribution in [1.29, 1.82) is 0 Å². The van der Waals surface area contributed by atoms with Crippen molar-refractivity contribution in [1.82, 2.24) is 0 Å². The fraction of sp³-hybridized carbons (Fsp3) is 0.737. The summed E-state index contributed by atoms with van der Waals surface area (Å²) in [4.78, 5) is 0. The van der Waals surface area contributed by atoms with Crippen LogP contribution in [0.15, 0.2) is 53.8 Å². The van der Waals surface area contributed by atoms with Gasteiger partial charge in [0.2, 0.25) is 0 Å². The lowest BCUT2D eigenvalue weighted by Crippen LogP contribution is -2.34. The van der Waals surface area contributed by atoms with E-state index in [0.717, 1.165) is 77.3 Å². The molecule has 1 aromatic rings. The zero-order valence-corrected chi connectivity index (χ0v) is 26.5. The van der Waals surface area contributed by atoms with E-state index < -0.39 is 0 Å². The molecule has 0 radical (unpaired) electrons. The van der Waals surface area contributed by atoms with E-state index in [9.17, 15) is 0 Å². The van der Waals surface area contributed by atoms with Crippen LogP contribution < -0.4 is 0 Å². The summed E-state index contributed by atoms with van der Waals surface area (Å²) in [5, 5.41) is 0. The Morgan fingerprint density at radius 1 is 0.837 bits per heavy atom. The zero-order valence-electron chi connectivity index (χ0n) is 26.5. The number of rotatable bonds is 15. The van der Waals surface area contributed by atoms with E-state index in [1.807, 2.05) is 0 Å². The Balaban J connectivity index is 1.06. The molecule has 2 heterocycles. The summed E-state index contributed by atoms with van der Waals surface area (Å²) < 4.78 is 31.8. The average Bonchev–Trinajstić information content (AvgIpc) is 3.78. The van der Waals surface area contributed by atoms with Gasteiger partial charge in [0.1, 0.15) is 5.76 Å². The number of fused-ring (bicyclic) bond motifs is 1. The first kappa shape index (κ1) is 31.3. The van der Waals surface area contributed by atoms with E-state index >= 15 is 0 Å². The summed E-state index contributed by atoms with van der Waals surface area (Å²) in [5.41, 5.74) is 2.91. The highest BCUT2D eigenvalue weighted by Crippen LogP contribution is 2.52. The molecule has 238 valence electrons. The van der Waals surface area contributed by atoms with Crippen molar-refractivity contribution in [2.75, 3.05) is 19.8 Å². The monoisotopic (exact) mass is 592 g/mol. The molecule has 5 heteroatoms. The van der Waals surface area contributed by atoms with Crippen LogP contribution in [-0.4, -0.2) is 38.5 Å². The molecule has 0 spiro atoms. The van der Waals surface area contributed by atoms with E-state index in [4.69, 9.17) is 23.7 Å². The van der Waals surface area contributed by atoms with Gasteiger partial charge in [-0.05, 0) is 100 Å². The van der Waals surface area contributed by atoms with Crippen LogP contribution in [0.3, 0.4) is 0 Å². The second-order valence-electron chi connectivity index (χ2n) is 13.8. The maximum absolute atomic E-state index is 6.85. The minimum absolute atomic E-state index is 0.0605. The predicted molar refractivity (Wildman–Crippen MR) is 170 cm³/mol. The lowest BCUT2D eigenvalue weighted by Gasteiger charge is -2.34. The van der Waals surface area contributed by atoms with Crippen LogP contribution in [-0.2, 0) is 30.3 Å². The average molecular weight is 593 g/mol. The van der Waals surface area contributed by atoms with Gasteiger partial charge in [-0.25, -0.2) is 0 Å². The maximum Gasteiger partial charge on any atom is 0.199 e. The van der Waals surface area contributed by atoms with Crippen LogP contribution >= 0.6 is 0 Å². The minimum Gasteiger partial charge on any atom is -0.469 e. The quantitative estimate of drug-likeness (QED) is 0.115. The third kappa shape index (κ3) is 9.19. The highest BCUT2D eigenvalue weighted by atomic mass is 16.7. The van der Waals surface area contributed by atoms with Crippen molar-refractivity contribution < 1.29 is 23.7 Å². The van der Waals surface area contributed by atoms with Gasteiger partial charge in [-0.3, -0.25) is 0 Å². The number of allylic oxidation sites excluding steroid dienone is 3. The molecular weight excluding hydrogens is 536 g/mol. The first-order valence-electron chi connectivity index (χ1n) is 17.9. The van der Waals surface area contributed by atoms with E-state index in [-0.39, 0.29) is 18.7 Å². The maximum atomic E-state index is 6.85. The van der Waals surface area contributed by atoms with Crippen LogP contribution in [0.5, 0.6) is 0 Å². The molecule has 2 aliphatic heterocycles. The van der Waals surface area contributed by atoms with Crippen LogP contribution in [0, 0.1) is 23.7 Å². The molecule has 6 rings (SSSR count). The molecule has 0 bridgehead atoms. The summed E-state index contributed by atoms with van der Waals surface area (Å²) in [6.07, 6.45) is 25.5. The standard InChI is InChI=1S/C38H56O5/c1-3-15-30(16-4-1)28-39-22-10-2-5-17-31-25-32-27-35(43-37-19-9-12-24-41-37)38(33(32)26-31)34(21-20-29-13-6-7-14-29)42-36-18-8-11-23-40-36/h1,3-4,15-16,21,25,29,32-33,35-38H,2,5-14,17-20,22-24,26-28H2/t32-,33-,35+,36?,37?,38-/m1/s1. The van der Waals surface area contributed by atoms with E-state index in [1.165, 1.54) is 75.5 Å². The van der Waals surface area contributed by atoms with Crippen molar-refractivity contribution in [2.45, 2.75) is 134 Å². The SMILES string of the molecule is C1=C(CCCCCOCc2ccccc2)C[C@H]2[C@H](C(=CCC3CCCC3)OC3CCCCO3)[C@@H](OC3CCCCO3)C[C@@H]12. The number of unbranched alkanes of at least 4 members (excludes halogenated alkanes) is 2. The molecule has 6 atom stereocenters. The Hall–Kier alpha value is -1.66. The smallest absolute Gasteiger partial charge is 0.199 e. The van der Waals surface area contributed by atoms with Gasteiger partial charge < -0.3 is 23.7 Å². The fourth-order valence-electron chi connectivity index (χ4n) is 8.25. The number of hydrogen-bond donors (Lipinski definition) is 0. The lowest BCUT2D eigenvalue weighted by molar-refractivity contribution is -0.200. The molecule has 3 aliphatic carbocycles. The summed E-state index contributed by atoms with van der Waals surface area (Å²) in [6, 6.07) is 10.5. The summed E-state index contributed by atoms with van der Waals surface area (Å²) in [5.74, 6) is 3.42. The summed E-state index contributed by atoms with van der Waals surface area (Å²) in [6.45, 7) is 3.21. The summed E-state index contributed by atoms with van der Waals surface area (Å²) >= 11 is 0. The fourth-order valence-corrected chi connectivity index (χ4v) is 8.25. The third-order valence-corrected chi connectivity index (χ3v) is 10.6. The molecule has 43 heavy (non-hydrogen) atoms. The molecule has 2 unspecified atom stereocenters. The second kappa shape index (κ2) is 16.6. The van der Waals surface area contributed by atoms with E-state index in [0.29, 0.717) is 17.8 Å². The molecule has 0 N–H and O–H groups in total.